The average molecular weight is 347 g/mol. The smallest absolute Gasteiger partial charge is 0.226 e. The van der Waals surface area contributed by atoms with Crippen LogP contribution in [-0.4, -0.2) is 44.9 Å². The fourth-order valence-corrected chi connectivity index (χ4v) is 4.88. The quantitative estimate of drug-likeness (QED) is 0.851. The number of nitrogens with zero attached hydrogens (tertiary/aromatic N) is 1. The van der Waals surface area contributed by atoms with Crippen molar-refractivity contribution < 1.29 is 17.9 Å². The topological polar surface area (TPSA) is 63.7 Å². The fourth-order valence-electron chi connectivity index (χ4n) is 3.15. The van der Waals surface area contributed by atoms with Gasteiger partial charge in [0.25, 0.3) is 0 Å². The monoisotopic (exact) mass is 347 g/mol. The van der Waals surface area contributed by atoms with Crippen molar-refractivity contribution in [3.05, 3.63) is 42.0 Å². The van der Waals surface area contributed by atoms with Crippen molar-refractivity contribution >= 4 is 26.5 Å². The Morgan fingerprint density at radius 1 is 1.21 bits per heavy atom. The lowest BCUT2D eigenvalue weighted by molar-refractivity contribution is -0.133. The zero-order valence-electron chi connectivity index (χ0n) is 13.9. The van der Waals surface area contributed by atoms with Gasteiger partial charge in [-0.25, -0.2) is 8.42 Å². The first kappa shape index (κ1) is 16.8. The molecule has 0 aliphatic carbocycles. The van der Waals surface area contributed by atoms with E-state index in [0.717, 1.165) is 22.1 Å². The van der Waals surface area contributed by atoms with Crippen LogP contribution in [0.5, 0.6) is 5.75 Å². The lowest BCUT2D eigenvalue weighted by atomic mass is 10.0. The predicted molar refractivity (Wildman–Crippen MR) is 93.7 cm³/mol. The third-order valence-corrected chi connectivity index (χ3v) is 6.26. The Labute approximate surface area is 142 Å². The molecule has 24 heavy (non-hydrogen) atoms. The maximum atomic E-state index is 12.4. The Bertz CT molecular complexity index is 876. The molecule has 1 aliphatic rings. The molecule has 1 amide bonds. The molecule has 1 fully saturated rings. The van der Waals surface area contributed by atoms with E-state index < -0.39 is 15.8 Å². The average Bonchev–Trinajstić information content (AvgIpc) is 2.93. The van der Waals surface area contributed by atoms with Crippen LogP contribution in [0.1, 0.15) is 12.0 Å². The van der Waals surface area contributed by atoms with Crippen LogP contribution in [0.15, 0.2) is 36.4 Å². The van der Waals surface area contributed by atoms with E-state index in [-0.39, 0.29) is 17.4 Å². The van der Waals surface area contributed by atoms with E-state index in [1.165, 1.54) is 0 Å². The molecule has 1 aliphatic heterocycles. The molecule has 0 bridgehead atoms. The van der Waals surface area contributed by atoms with E-state index in [1.54, 1.807) is 19.1 Å². The molecule has 0 saturated carbocycles. The molecular weight excluding hydrogens is 326 g/mol. The second-order valence-corrected chi connectivity index (χ2v) is 8.57. The van der Waals surface area contributed by atoms with Gasteiger partial charge in [0.1, 0.15) is 5.75 Å². The molecule has 2 aromatic carbocycles. The number of rotatable bonds is 4. The zero-order valence-corrected chi connectivity index (χ0v) is 14.7. The summed E-state index contributed by atoms with van der Waals surface area (Å²) in [6.45, 7) is 0.470. The van der Waals surface area contributed by atoms with Crippen molar-refractivity contribution in [1.29, 1.82) is 0 Å². The molecular formula is C18H21NO4S. The summed E-state index contributed by atoms with van der Waals surface area (Å²) in [5.74, 6) is 0.420. The van der Waals surface area contributed by atoms with Crippen molar-refractivity contribution in [2.24, 2.45) is 5.92 Å². The van der Waals surface area contributed by atoms with Gasteiger partial charge in [0, 0.05) is 13.6 Å². The van der Waals surface area contributed by atoms with Crippen LogP contribution >= 0.6 is 0 Å². The van der Waals surface area contributed by atoms with Crippen molar-refractivity contribution in [2.75, 3.05) is 25.7 Å². The maximum Gasteiger partial charge on any atom is 0.226 e. The van der Waals surface area contributed by atoms with Crippen molar-refractivity contribution in [1.82, 2.24) is 4.90 Å². The molecule has 3 rings (SSSR count). The van der Waals surface area contributed by atoms with E-state index in [1.807, 2.05) is 36.4 Å². The first-order valence-corrected chi connectivity index (χ1v) is 9.72. The second-order valence-electron chi connectivity index (χ2n) is 6.34. The summed E-state index contributed by atoms with van der Waals surface area (Å²) in [5, 5.41) is 2.16. The standard InChI is InChI=1S/C18H21NO4S/c1-19(18(20)16-7-8-24(21,22)12-16)11-13-3-4-15-10-17(23-2)6-5-14(15)9-13/h3-6,9-10,16H,7-8,11-12H2,1-2H3/t16-/m0/s1. The number of methoxy groups -OCH3 is 1. The molecule has 0 radical (unpaired) electrons. The Morgan fingerprint density at radius 2 is 1.92 bits per heavy atom. The van der Waals surface area contributed by atoms with Gasteiger partial charge in [0.2, 0.25) is 5.91 Å². The minimum absolute atomic E-state index is 0.0202. The Hall–Kier alpha value is -2.08. The van der Waals surface area contributed by atoms with E-state index in [0.29, 0.717) is 13.0 Å². The molecule has 0 aromatic heterocycles. The number of benzene rings is 2. The maximum absolute atomic E-state index is 12.4. The van der Waals surface area contributed by atoms with Gasteiger partial charge in [0.05, 0.1) is 24.5 Å². The van der Waals surface area contributed by atoms with Gasteiger partial charge in [-0.3, -0.25) is 4.79 Å². The van der Waals surface area contributed by atoms with Crippen LogP contribution in [0.4, 0.5) is 0 Å². The third kappa shape index (κ3) is 3.53. The van der Waals surface area contributed by atoms with E-state index in [2.05, 4.69) is 0 Å². The number of hydrogen-bond donors (Lipinski definition) is 0. The minimum Gasteiger partial charge on any atom is -0.497 e. The molecule has 128 valence electrons. The number of amides is 1. The summed E-state index contributed by atoms with van der Waals surface area (Å²) in [5.41, 5.74) is 1.02. The summed E-state index contributed by atoms with van der Waals surface area (Å²) < 4.78 is 28.3. The molecule has 1 atom stereocenters. The summed E-state index contributed by atoms with van der Waals surface area (Å²) in [6, 6.07) is 11.9. The lowest BCUT2D eigenvalue weighted by Crippen LogP contribution is -2.33. The third-order valence-electron chi connectivity index (χ3n) is 4.49. The molecule has 2 aromatic rings. The van der Waals surface area contributed by atoms with Crippen LogP contribution in [0.2, 0.25) is 0 Å². The number of carbonyl (C=O) groups is 1. The fraction of sp³-hybridized carbons (Fsp3) is 0.389. The number of sulfone groups is 1. The summed E-state index contributed by atoms with van der Waals surface area (Å²) >= 11 is 0. The Balaban J connectivity index is 1.73. The highest BCUT2D eigenvalue weighted by Gasteiger charge is 2.34. The molecule has 0 spiro atoms. The van der Waals surface area contributed by atoms with E-state index >= 15 is 0 Å². The van der Waals surface area contributed by atoms with Gasteiger partial charge >= 0.3 is 0 Å². The van der Waals surface area contributed by atoms with E-state index in [9.17, 15) is 13.2 Å². The molecule has 6 heteroatoms. The number of carbonyl (C=O) groups excluding carboxylic acids is 1. The highest BCUT2D eigenvalue weighted by atomic mass is 32.2. The van der Waals surface area contributed by atoms with E-state index in [4.69, 9.17) is 4.74 Å². The van der Waals surface area contributed by atoms with Crippen LogP contribution in [-0.2, 0) is 21.2 Å². The first-order chi connectivity index (χ1) is 11.4. The number of hydrogen-bond acceptors (Lipinski definition) is 4. The van der Waals surface area contributed by atoms with Crippen molar-refractivity contribution in [2.45, 2.75) is 13.0 Å². The highest BCUT2D eigenvalue weighted by Crippen LogP contribution is 2.24. The molecule has 1 heterocycles. The predicted octanol–water partition coefficient (Wildman–Crippen LogP) is 2.24. The van der Waals surface area contributed by atoms with Crippen LogP contribution in [0, 0.1) is 5.92 Å². The van der Waals surface area contributed by atoms with Gasteiger partial charge in [-0.05, 0) is 41.0 Å². The van der Waals surface area contributed by atoms with Gasteiger partial charge in [-0.1, -0.05) is 18.2 Å². The van der Waals surface area contributed by atoms with Crippen molar-refractivity contribution in [3.8, 4) is 5.75 Å². The van der Waals surface area contributed by atoms with Crippen LogP contribution in [0.3, 0.4) is 0 Å². The molecule has 1 saturated heterocycles. The van der Waals surface area contributed by atoms with Gasteiger partial charge in [-0.15, -0.1) is 0 Å². The van der Waals surface area contributed by atoms with Crippen LogP contribution in [0.25, 0.3) is 10.8 Å². The first-order valence-electron chi connectivity index (χ1n) is 7.90. The molecule has 0 N–H and O–H groups in total. The summed E-state index contributed by atoms with van der Waals surface area (Å²) in [6.07, 6.45) is 0.434. The highest BCUT2D eigenvalue weighted by molar-refractivity contribution is 7.91. The molecule has 0 unspecified atom stereocenters. The normalized spacial score (nSPS) is 19.3. The largest absolute Gasteiger partial charge is 0.497 e. The Kier molecular flexibility index (Phi) is 4.49. The summed E-state index contributed by atoms with van der Waals surface area (Å²) in [4.78, 5) is 14.1. The summed E-state index contributed by atoms with van der Waals surface area (Å²) in [7, 11) is 0.324. The van der Waals surface area contributed by atoms with Gasteiger partial charge in [-0.2, -0.15) is 0 Å². The molecule has 5 nitrogen and oxygen atoms in total. The lowest BCUT2D eigenvalue weighted by Gasteiger charge is -2.20. The minimum atomic E-state index is -3.04. The van der Waals surface area contributed by atoms with Crippen molar-refractivity contribution in [3.63, 3.8) is 0 Å². The zero-order chi connectivity index (χ0) is 17.3. The SMILES string of the molecule is COc1ccc2cc(CN(C)C(=O)[C@H]3CCS(=O)(=O)C3)ccc2c1. The Morgan fingerprint density at radius 3 is 2.58 bits per heavy atom. The van der Waals surface area contributed by atoms with Gasteiger partial charge < -0.3 is 9.64 Å². The number of ether oxygens (including phenoxy) is 1. The number of fused-ring (bicyclic) bond motifs is 1. The second kappa shape index (κ2) is 6.43. The van der Waals surface area contributed by atoms with Crippen LogP contribution < -0.4 is 4.74 Å². The van der Waals surface area contributed by atoms with Gasteiger partial charge in [0.15, 0.2) is 9.84 Å².